The Kier molecular flexibility index (Phi) is 6.49. The number of carbonyl (C=O) groups excluding carboxylic acids is 2. The number of halogens is 2. The molecule has 11 heteroatoms. The van der Waals surface area contributed by atoms with E-state index in [-0.39, 0.29) is 40.5 Å². The summed E-state index contributed by atoms with van der Waals surface area (Å²) in [6, 6.07) is -0.140. The van der Waals surface area contributed by atoms with Crippen molar-refractivity contribution in [1.29, 1.82) is 0 Å². The van der Waals surface area contributed by atoms with E-state index in [9.17, 15) is 9.59 Å². The topological polar surface area (TPSA) is 78.5 Å². The molecule has 2 amide bonds. The summed E-state index contributed by atoms with van der Waals surface area (Å²) in [5.74, 6) is 0.633. The molecule has 3 fully saturated rings. The van der Waals surface area contributed by atoms with Crippen LogP contribution in [0.3, 0.4) is 0 Å². The van der Waals surface area contributed by atoms with Crippen LogP contribution in [0, 0.1) is 5.41 Å². The van der Waals surface area contributed by atoms with Gasteiger partial charge >= 0.3 is 6.09 Å². The number of pyridine rings is 1. The van der Waals surface area contributed by atoms with Gasteiger partial charge in [0.2, 0.25) is 0 Å². The quantitative estimate of drug-likeness (QED) is 0.502. The molecule has 1 aromatic heterocycles. The summed E-state index contributed by atoms with van der Waals surface area (Å²) in [5.41, 5.74) is 0.108. The number of piperazine rings is 1. The van der Waals surface area contributed by atoms with Crippen molar-refractivity contribution in [2.75, 3.05) is 57.8 Å². The van der Waals surface area contributed by atoms with Crippen LogP contribution in [0.1, 0.15) is 50.9 Å². The van der Waals surface area contributed by atoms with Crippen LogP contribution in [0.2, 0.25) is 10.2 Å². The SMILES string of the molecule is CC1CC2(CCN1c1nc(Cl)c(Cl)c3c1C(=O)N1CCN(C(=O)OC(C)(C)C)C[C@@H]1CO3)CN(C)C2. The minimum atomic E-state index is -0.594. The van der Waals surface area contributed by atoms with Gasteiger partial charge in [-0.05, 0) is 53.0 Å². The summed E-state index contributed by atoms with van der Waals surface area (Å²) in [6.07, 6.45) is 1.67. The van der Waals surface area contributed by atoms with Crippen molar-refractivity contribution >= 4 is 41.0 Å². The number of fused-ring (bicyclic) bond motifs is 2. The van der Waals surface area contributed by atoms with Gasteiger partial charge in [-0.1, -0.05) is 23.2 Å². The Morgan fingerprint density at radius 3 is 2.53 bits per heavy atom. The molecule has 0 N–H and O–H groups in total. The van der Waals surface area contributed by atoms with Crippen molar-refractivity contribution < 1.29 is 19.1 Å². The number of piperidine rings is 1. The molecule has 0 saturated carbocycles. The number of aromatic nitrogens is 1. The zero-order valence-corrected chi connectivity index (χ0v) is 23.2. The van der Waals surface area contributed by atoms with Gasteiger partial charge in [-0.25, -0.2) is 9.78 Å². The van der Waals surface area contributed by atoms with E-state index < -0.39 is 11.7 Å². The van der Waals surface area contributed by atoms with Crippen LogP contribution in [0.15, 0.2) is 0 Å². The van der Waals surface area contributed by atoms with E-state index >= 15 is 0 Å². The predicted octanol–water partition coefficient (Wildman–Crippen LogP) is 3.76. The average Bonchev–Trinajstić information content (AvgIpc) is 2.91. The average molecular weight is 540 g/mol. The molecule has 1 aromatic rings. The Labute approximate surface area is 222 Å². The molecule has 0 radical (unpaired) electrons. The Morgan fingerprint density at radius 2 is 1.89 bits per heavy atom. The molecule has 198 valence electrons. The van der Waals surface area contributed by atoms with Gasteiger partial charge in [-0.2, -0.15) is 0 Å². The molecular weight excluding hydrogens is 505 g/mol. The third-order valence-electron chi connectivity index (χ3n) is 7.69. The molecule has 3 saturated heterocycles. The zero-order valence-electron chi connectivity index (χ0n) is 21.6. The van der Waals surface area contributed by atoms with Crippen LogP contribution in [0.4, 0.5) is 10.6 Å². The maximum absolute atomic E-state index is 14.0. The number of likely N-dealkylation sites (tertiary alicyclic amines) is 1. The normalized spacial score (nSPS) is 26.1. The van der Waals surface area contributed by atoms with Crippen LogP contribution < -0.4 is 9.64 Å². The Morgan fingerprint density at radius 1 is 1.17 bits per heavy atom. The summed E-state index contributed by atoms with van der Waals surface area (Å²) in [6.45, 7) is 11.9. The van der Waals surface area contributed by atoms with E-state index in [4.69, 9.17) is 32.7 Å². The van der Waals surface area contributed by atoms with Gasteiger partial charge in [0, 0.05) is 45.3 Å². The van der Waals surface area contributed by atoms with E-state index in [0.717, 1.165) is 32.5 Å². The van der Waals surface area contributed by atoms with Crippen molar-refractivity contribution in [2.45, 2.75) is 58.2 Å². The zero-order chi connectivity index (χ0) is 26.0. The van der Waals surface area contributed by atoms with Crippen LogP contribution in [0.5, 0.6) is 5.75 Å². The molecule has 5 rings (SSSR count). The molecule has 0 aliphatic carbocycles. The maximum atomic E-state index is 14.0. The highest BCUT2D eigenvalue weighted by Gasteiger charge is 2.47. The second-order valence-electron chi connectivity index (χ2n) is 11.8. The van der Waals surface area contributed by atoms with E-state index in [1.54, 1.807) is 9.80 Å². The highest BCUT2D eigenvalue weighted by molar-refractivity contribution is 6.42. The number of nitrogens with zero attached hydrogens (tertiary/aromatic N) is 5. The molecule has 2 atom stereocenters. The number of hydrogen-bond donors (Lipinski definition) is 0. The van der Waals surface area contributed by atoms with Crippen molar-refractivity contribution in [2.24, 2.45) is 5.41 Å². The molecule has 1 unspecified atom stereocenters. The van der Waals surface area contributed by atoms with Gasteiger partial charge in [0.05, 0.1) is 6.04 Å². The largest absolute Gasteiger partial charge is 0.489 e. The third-order valence-corrected chi connectivity index (χ3v) is 8.41. The van der Waals surface area contributed by atoms with Crippen molar-refractivity contribution in [3.05, 3.63) is 15.7 Å². The molecule has 0 aromatic carbocycles. The van der Waals surface area contributed by atoms with E-state index in [0.29, 0.717) is 36.4 Å². The lowest BCUT2D eigenvalue weighted by molar-refractivity contribution is -0.00803. The first-order chi connectivity index (χ1) is 16.9. The first kappa shape index (κ1) is 25.7. The lowest BCUT2D eigenvalue weighted by atomic mass is 9.70. The van der Waals surface area contributed by atoms with Crippen LogP contribution in [-0.4, -0.2) is 102 Å². The number of anilines is 1. The minimum absolute atomic E-state index is 0.129. The van der Waals surface area contributed by atoms with Crippen molar-refractivity contribution in [3.63, 3.8) is 0 Å². The van der Waals surface area contributed by atoms with Crippen molar-refractivity contribution in [1.82, 2.24) is 19.7 Å². The van der Waals surface area contributed by atoms with E-state index in [2.05, 4.69) is 28.8 Å². The molecule has 0 bridgehead atoms. The fourth-order valence-electron chi connectivity index (χ4n) is 6.24. The summed E-state index contributed by atoms with van der Waals surface area (Å²) < 4.78 is 11.7. The van der Waals surface area contributed by atoms with Crippen LogP contribution >= 0.6 is 23.2 Å². The predicted molar refractivity (Wildman–Crippen MR) is 138 cm³/mol. The monoisotopic (exact) mass is 539 g/mol. The summed E-state index contributed by atoms with van der Waals surface area (Å²) in [7, 11) is 2.15. The molecule has 9 nitrogen and oxygen atoms in total. The van der Waals surface area contributed by atoms with Gasteiger partial charge in [0.15, 0.2) is 10.9 Å². The lowest BCUT2D eigenvalue weighted by Crippen LogP contribution is -2.61. The van der Waals surface area contributed by atoms with Crippen LogP contribution in [-0.2, 0) is 4.74 Å². The Hall–Kier alpha value is -1.97. The van der Waals surface area contributed by atoms with Gasteiger partial charge in [0.25, 0.3) is 5.91 Å². The summed E-state index contributed by atoms with van der Waals surface area (Å²) in [5, 5.41) is 0.277. The number of carbonyl (C=O) groups is 2. The van der Waals surface area contributed by atoms with Gasteiger partial charge in [-0.15, -0.1) is 0 Å². The fraction of sp³-hybridized carbons (Fsp3) is 0.720. The Bertz CT molecular complexity index is 1070. The highest BCUT2D eigenvalue weighted by Crippen LogP contribution is 2.47. The van der Waals surface area contributed by atoms with Crippen LogP contribution in [0.25, 0.3) is 0 Å². The second kappa shape index (κ2) is 9.10. The standard InChI is InChI=1S/C25H35Cl2N5O4/c1-15-10-25(13-29(5)14-25)6-7-31(15)21-17-19(18(26)20(27)28-21)35-12-16-11-30(8-9-32(16)22(17)33)23(34)36-24(2,3)4/h15-16H,6-14H2,1-5H3/t15?,16-/m1/s1. The molecule has 5 heterocycles. The number of ether oxygens (including phenoxy) is 2. The highest BCUT2D eigenvalue weighted by atomic mass is 35.5. The fourth-order valence-corrected chi connectivity index (χ4v) is 6.59. The van der Waals surface area contributed by atoms with E-state index in [1.165, 1.54) is 0 Å². The smallest absolute Gasteiger partial charge is 0.410 e. The first-order valence-electron chi connectivity index (χ1n) is 12.6. The molecular formula is C25H35Cl2N5O4. The lowest BCUT2D eigenvalue weighted by Gasteiger charge is -2.55. The maximum Gasteiger partial charge on any atom is 0.410 e. The molecule has 36 heavy (non-hydrogen) atoms. The third kappa shape index (κ3) is 4.58. The minimum Gasteiger partial charge on any atom is -0.489 e. The van der Waals surface area contributed by atoms with Gasteiger partial charge in [0.1, 0.15) is 28.6 Å². The molecule has 4 aliphatic rings. The van der Waals surface area contributed by atoms with Gasteiger partial charge in [-0.3, -0.25) is 4.79 Å². The number of hydrogen-bond acceptors (Lipinski definition) is 7. The number of rotatable bonds is 1. The Balaban J connectivity index is 1.42. The van der Waals surface area contributed by atoms with Gasteiger partial charge < -0.3 is 29.1 Å². The second-order valence-corrected chi connectivity index (χ2v) is 12.5. The number of amides is 2. The molecule has 4 aliphatic heterocycles. The van der Waals surface area contributed by atoms with E-state index in [1.807, 2.05) is 20.8 Å². The summed E-state index contributed by atoms with van der Waals surface area (Å²) >= 11 is 13.0. The summed E-state index contributed by atoms with van der Waals surface area (Å²) in [4.78, 5) is 39.2. The first-order valence-corrected chi connectivity index (χ1v) is 13.4. The van der Waals surface area contributed by atoms with Crippen molar-refractivity contribution in [3.8, 4) is 5.75 Å². The molecule has 1 spiro atoms.